The highest BCUT2D eigenvalue weighted by atomic mass is 19.1. The van der Waals surface area contributed by atoms with Gasteiger partial charge in [-0.2, -0.15) is 0 Å². The normalized spacial score (nSPS) is 10.8. The first-order valence-electron chi connectivity index (χ1n) is 4.22. The van der Waals surface area contributed by atoms with E-state index in [-0.39, 0.29) is 5.82 Å². The molecule has 0 amide bonds. The van der Waals surface area contributed by atoms with Gasteiger partial charge in [0.25, 0.3) is 0 Å². The molecule has 0 aliphatic heterocycles. The van der Waals surface area contributed by atoms with Crippen molar-refractivity contribution in [1.82, 2.24) is 0 Å². The van der Waals surface area contributed by atoms with Crippen LogP contribution in [0.1, 0.15) is 18.9 Å². The number of allylic oxidation sites excluding steroid dienone is 2. The van der Waals surface area contributed by atoms with Crippen molar-refractivity contribution in [1.29, 1.82) is 0 Å². The van der Waals surface area contributed by atoms with E-state index in [1.807, 2.05) is 12.1 Å². The molecule has 0 aliphatic carbocycles. The first-order chi connectivity index (χ1) is 5.83. The summed E-state index contributed by atoms with van der Waals surface area (Å²) in [5.41, 5.74) is 1.15. The number of hydrogen-bond acceptors (Lipinski definition) is 0. The zero-order chi connectivity index (χ0) is 8.81. The molecule has 0 aliphatic rings. The van der Waals surface area contributed by atoms with Gasteiger partial charge in [0.2, 0.25) is 0 Å². The fraction of sp³-hybridized carbons (Fsp3) is 0.273. The van der Waals surface area contributed by atoms with E-state index < -0.39 is 0 Å². The van der Waals surface area contributed by atoms with E-state index in [2.05, 4.69) is 19.1 Å². The third-order valence-corrected chi connectivity index (χ3v) is 1.67. The molecular weight excluding hydrogens is 151 g/mol. The number of hydrogen-bond donors (Lipinski definition) is 0. The topological polar surface area (TPSA) is 0 Å². The smallest absolute Gasteiger partial charge is 0.123 e. The first-order valence-corrected chi connectivity index (χ1v) is 4.22. The van der Waals surface area contributed by atoms with Crippen molar-refractivity contribution in [3.05, 3.63) is 47.8 Å². The van der Waals surface area contributed by atoms with Gasteiger partial charge in [0, 0.05) is 0 Å². The summed E-state index contributed by atoms with van der Waals surface area (Å²) in [4.78, 5) is 0. The van der Waals surface area contributed by atoms with Crippen LogP contribution in [-0.2, 0) is 6.42 Å². The van der Waals surface area contributed by atoms with Gasteiger partial charge in [-0.15, -0.1) is 0 Å². The first kappa shape index (κ1) is 8.98. The fourth-order valence-electron chi connectivity index (χ4n) is 1.01. The molecule has 64 valence electrons. The molecule has 0 fully saturated rings. The molecule has 0 heterocycles. The highest BCUT2D eigenvalue weighted by Crippen LogP contribution is 2.03. The van der Waals surface area contributed by atoms with Crippen molar-refractivity contribution in [3.8, 4) is 0 Å². The van der Waals surface area contributed by atoms with E-state index in [0.29, 0.717) is 0 Å². The summed E-state index contributed by atoms with van der Waals surface area (Å²) in [7, 11) is 0. The lowest BCUT2D eigenvalue weighted by molar-refractivity contribution is 0.627. The van der Waals surface area contributed by atoms with Crippen LogP contribution in [0.4, 0.5) is 4.39 Å². The van der Waals surface area contributed by atoms with Crippen LogP contribution >= 0.6 is 0 Å². The molecule has 0 atom stereocenters. The molecule has 0 nitrogen and oxygen atoms in total. The van der Waals surface area contributed by atoms with E-state index in [1.165, 1.54) is 12.1 Å². The quantitative estimate of drug-likeness (QED) is 0.601. The van der Waals surface area contributed by atoms with E-state index in [1.54, 1.807) is 0 Å². The Morgan fingerprint density at radius 3 is 2.42 bits per heavy atom. The predicted molar refractivity (Wildman–Crippen MR) is 49.5 cm³/mol. The van der Waals surface area contributed by atoms with Crippen LogP contribution < -0.4 is 0 Å². The number of benzene rings is 1. The molecule has 1 aromatic rings. The van der Waals surface area contributed by atoms with Gasteiger partial charge in [-0.3, -0.25) is 0 Å². The van der Waals surface area contributed by atoms with Crippen molar-refractivity contribution < 1.29 is 4.39 Å². The van der Waals surface area contributed by atoms with Crippen LogP contribution in [0.25, 0.3) is 0 Å². The molecule has 0 radical (unpaired) electrons. The Balaban J connectivity index is 2.53. The second-order valence-corrected chi connectivity index (χ2v) is 2.71. The summed E-state index contributed by atoms with van der Waals surface area (Å²) < 4.78 is 12.5. The van der Waals surface area contributed by atoms with Crippen LogP contribution in [0, 0.1) is 5.82 Å². The van der Waals surface area contributed by atoms with E-state index in [0.717, 1.165) is 18.4 Å². The highest BCUT2D eigenvalue weighted by molar-refractivity contribution is 5.18. The molecule has 0 N–H and O–H groups in total. The maximum atomic E-state index is 12.5. The Labute approximate surface area is 72.7 Å². The molecular formula is C11H13F. The van der Waals surface area contributed by atoms with Gasteiger partial charge in [0.05, 0.1) is 0 Å². The summed E-state index contributed by atoms with van der Waals surface area (Å²) in [6.07, 6.45) is 6.17. The van der Waals surface area contributed by atoms with Crippen molar-refractivity contribution >= 4 is 0 Å². The van der Waals surface area contributed by atoms with Crippen molar-refractivity contribution in [2.24, 2.45) is 0 Å². The number of rotatable bonds is 3. The summed E-state index contributed by atoms with van der Waals surface area (Å²) in [6, 6.07) is 6.62. The largest absolute Gasteiger partial charge is 0.207 e. The maximum Gasteiger partial charge on any atom is 0.123 e. The molecule has 0 saturated heterocycles. The van der Waals surface area contributed by atoms with Gasteiger partial charge < -0.3 is 0 Å². The van der Waals surface area contributed by atoms with Gasteiger partial charge in [-0.25, -0.2) is 4.39 Å². The minimum atomic E-state index is -0.168. The zero-order valence-electron chi connectivity index (χ0n) is 7.26. The van der Waals surface area contributed by atoms with Crippen molar-refractivity contribution in [2.75, 3.05) is 0 Å². The Hall–Kier alpha value is -1.11. The second kappa shape index (κ2) is 4.70. The Kier molecular flexibility index (Phi) is 3.52. The van der Waals surface area contributed by atoms with E-state index in [9.17, 15) is 4.39 Å². The molecule has 0 saturated carbocycles. The Bertz CT molecular complexity index is 246. The highest BCUT2D eigenvalue weighted by Gasteiger charge is 1.89. The lowest BCUT2D eigenvalue weighted by Crippen LogP contribution is -1.80. The standard InChI is InChI=1S/C11H13F/c1-2-3-4-5-10-6-8-11(12)9-7-10/h3-4,6-9H,2,5H2,1H3/b4-3+. The minimum absolute atomic E-state index is 0.168. The lowest BCUT2D eigenvalue weighted by Gasteiger charge is -1.94. The van der Waals surface area contributed by atoms with Crippen LogP contribution in [0.15, 0.2) is 36.4 Å². The summed E-state index contributed by atoms with van der Waals surface area (Å²) in [5.74, 6) is -0.168. The zero-order valence-corrected chi connectivity index (χ0v) is 7.26. The third kappa shape index (κ3) is 2.87. The SMILES string of the molecule is CC/C=C/Cc1ccc(F)cc1. The summed E-state index contributed by atoms with van der Waals surface area (Å²) in [6.45, 7) is 2.10. The second-order valence-electron chi connectivity index (χ2n) is 2.71. The Morgan fingerprint density at radius 1 is 1.17 bits per heavy atom. The van der Waals surface area contributed by atoms with E-state index >= 15 is 0 Å². The van der Waals surface area contributed by atoms with Gasteiger partial charge in [0.1, 0.15) is 5.82 Å². The van der Waals surface area contributed by atoms with Crippen LogP contribution in [0.5, 0.6) is 0 Å². The summed E-state index contributed by atoms with van der Waals surface area (Å²) in [5, 5.41) is 0. The average Bonchev–Trinajstić information content (AvgIpc) is 2.09. The van der Waals surface area contributed by atoms with E-state index in [4.69, 9.17) is 0 Å². The molecule has 1 aromatic carbocycles. The molecule has 1 heteroatoms. The molecule has 1 rings (SSSR count). The molecule has 0 aromatic heterocycles. The maximum absolute atomic E-state index is 12.5. The van der Waals surface area contributed by atoms with Gasteiger partial charge in [-0.1, -0.05) is 31.2 Å². The lowest BCUT2D eigenvalue weighted by atomic mass is 10.1. The fourth-order valence-corrected chi connectivity index (χ4v) is 1.01. The monoisotopic (exact) mass is 164 g/mol. The van der Waals surface area contributed by atoms with Gasteiger partial charge >= 0.3 is 0 Å². The predicted octanol–water partition coefficient (Wildman–Crippen LogP) is 3.33. The minimum Gasteiger partial charge on any atom is -0.207 e. The van der Waals surface area contributed by atoms with Crippen LogP contribution in [0.3, 0.4) is 0 Å². The number of halogens is 1. The van der Waals surface area contributed by atoms with Crippen molar-refractivity contribution in [2.45, 2.75) is 19.8 Å². The molecule has 0 unspecified atom stereocenters. The van der Waals surface area contributed by atoms with Crippen molar-refractivity contribution in [3.63, 3.8) is 0 Å². The summed E-state index contributed by atoms with van der Waals surface area (Å²) >= 11 is 0. The van der Waals surface area contributed by atoms with Crippen LogP contribution in [0.2, 0.25) is 0 Å². The van der Waals surface area contributed by atoms with Gasteiger partial charge in [-0.05, 0) is 30.5 Å². The third-order valence-electron chi connectivity index (χ3n) is 1.67. The average molecular weight is 164 g/mol. The molecule has 0 spiro atoms. The van der Waals surface area contributed by atoms with Crippen LogP contribution in [-0.4, -0.2) is 0 Å². The Morgan fingerprint density at radius 2 is 1.83 bits per heavy atom. The molecule has 0 bridgehead atoms. The van der Waals surface area contributed by atoms with Gasteiger partial charge in [0.15, 0.2) is 0 Å². The molecule has 12 heavy (non-hydrogen) atoms.